The van der Waals surface area contributed by atoms with Gasteiger partial charge in [-0.05, 0) is 37.8 Å². The number of quaternary nitrogens is 2. The summed E-state index contributed by atoms with van der Waals surface area (Å²) in [7, 11) is 4.44. The first-order valence-electron chi connectivity index (χ1n) is 7.88. The molecule has 0 amide bonds. The highest BCUT2D eigenvalue weighted by Crippen LogP contribution is 2.39. The van der Waals surface area contributed by atoms with Gasteiger partial charge in [0.05, 0.1) is 31.9 Å². The van der Waals surface area contributed by atoms with E-state index in [0.717, 1.165) is 12.1 Å². The number of aryl methyl sites for hydroxylation is 2. The molecule has 0 radical (unpaired) electrons. The van der Waals surface area contributed by atoms with Gasteiger partial charge < -0.3 is 4.90 Å². The summed E-state index contributed by atoms with van der Waals surface area (Å²) >= 11 is 0. The summed E-state index contributed by atoms with van der Waals surface area (Å²) < 4.78 is 0. The number of nitrogens with one attached hydrogen (secondary N) is 1. The molecule has 21 heavy (non-hydrogen) atoms. The molecule has 2 heterocycles. The summed E-state index contributed by atoms with van der Waals surface area (Å²) in [5.41, 5.74) is 8.02. The van der Waals surface area contributed by atoms with Crippen LogP contribution in [0.3, 0.4) is 0 Å². The maximum atomic E-state index is 4.61. The normalized spacial score (nSPS) is 12.6. The predicted molar refractivity (Wildman–Crippen MR) is 86.3 cm³/mol. The van der Waals surface area contributed by atoms with Crippen molar-refractivity contribution in [3.05, 3.63) is 41.7 Å². The van der Waals surface area contributed by atoms with Crippen LogP contribution in [-0.2, 0) is 6.42 Å². The molecule has 1 aliphatic heterocycles. The molecule has 3 N–H and O–H groups in total. The van der Waals surface area contributed by atoms with E-state index in [0.29, 0.717) is 0 Å². The van der Waals surface area contributed by atoms with E-state index in [2.05, 4.69) is 61.8 Å². The maximum Gasteiger partial charge on any atom is 0.164 e. The Labute approximate surface area is 127 Å². The lowest BCUT2D eigenvalue weighted by Crippen LogP contribution is -3.05. The van der Waals surface area contributed by atoms with Gasteiger partial charge in [0.25, 0.3) is 0 Å². The lowest BCUT2D eigenvalue weighted by atomic mass is 9.97. The summed E-state index contributed by atoms with van der Waals surface area (Å²) in [4.78, 5) is 6.14. The van der Waals surface area contributed by atoms with Crippen LogP contribution in [0.2, 0.25) is 0 Å². The van der Waals surface area contributed by atoms with E-state index >= 15 is 0 Å². The Bertz CT molecular complexity index is 647. The fourth-order valence-electron chi connectivity index (χ4n) is 3.15. The number of aromatic nitrogens is 1. The topological polar surface area (TPSA) is 33.9 Å². The molecular formula is C18H25N3+2. The van der Waals surface area contributed by atoms with Crippen molar-refractivity contribution < 1.29 is 10.2 Å². The first-order valence-corrected chi connectivity index (χ1v) is 7.88. The van der Waals surface area contributed by atoms with Crippen LogP contribution < -0.4 is 10.2 Å². The average molecular weight is 283 g/mol. The highest BCUT2D eigenvalue weighted by molar-refractivity contribution is 5.87. The minimum absolute atomic E-state index is 1.13. The van der Waals surface area contributed by atoms with Crippen molar-refractivity contribution in [1.29, 1.82) is 0 Å². The zero-order valence-electron chi connectivity index (χ0n) is 13.2. The van der Waals surface area contributed by atoms with E-state index in [9.17, 15) is 0 Å². The Morgan fingerprint density at radius 2 is 1.95 bits per heavy atom. The van der Waals surface area contributed by atoms with Crippen LogP contribution >= 0.6 is 0 Å². The Kier molecular flexibility index (Phi) is 4.04. The number of para-hydroxylation sites is 1. The van der Waals surface area contributed by atoms with E-state index in [4.69, 9.17) is 0 Å². The number of rotatable bonds is 5. The summed E-state index contributed by atoms with van der Waals surface area (Å²) in [6, 6.07) is 8.69. The molecule has 1 aromatic heterocycles. The van der Waals surface area contributed by atoms with Gasteiger partial charge in [0, 0.05) is 17.8 Å². The molecule has 3 rings (SSSR count). The van der Waals surface area contributed by atoms with E-state index in [1.807, 2.05) is 0 Å². The third-order valence-electron chi connectivity index (χ3n) is 4.30. The molecule has 0 spiro atoms. The lowest BCUT2D eigenvalue weighted by Gasteiger charge is -2.09. The zero-order valence-corrected chi connectivity index (χ0v) is 13.2. The second-order valence-electron chi connectivity index (χ2n) is 6.30. The number of nitrogens with two attached hydrogens (primary N) is 1. The summed E-state index contributed by atoms with van der Waals surface area (Å²) in [6.07, 6.45) is 5.73. The smallest absolute Gasteiger partial charge is 0.164 e. The number of pyridine rings is 1. The quantitative estimate of drug-likeness (QED) is 0.538. The third kappa shape index (κ3) is 2.85. The van der Waals surface area contributed by atoms with Gasteiger partial charge >= 0.3 is 0 Å². The lowest BCUT2D eigenvalue weighted by molar-refractivity contribution is -0.858. The monoisotopic (exact) mass is 283 g/mol. The zero-order chi connectivity index (χ0) is 14.8. The van der Waals surface area contributed by atoms with Gasteiger partial charge in [-0.15, -0.1) is 0 Å². The second-order valence-corrected chi connectivity index (χ2v) is 6.30. The highest BCUT2D eigenvalue weighted by Gasteiger charge is 2.27. The second kappa shape index (κ2) is 5.96. The number of nitrogens with zero attached hydrogens (tertiary/aromatic N) is 1. The third-order valence-corrected chi connectivity index (χ3v) is 4.30. The average Bonchev–Trinajstić information content (AvgIpc) is 2.86. The molecule has 110 valence electrons. The molecule has 2 aromatic rings. The molecule has 1 aliphatic rings. The van der Waals surface area contributed by atoms with E-state index < -0.39 is 0 Å². The number of fused-ring (bicyclic) bond motifs is 3. The van der Waals surface area contributed by atoms with Crippen molar-refractivity contribution >= 4 is 11.4 Å². The van der Waals surface area contributed by atoms with Crippen LogP contribution in [0.15, 0.2) is 30.5 Å². The van der Waals surface area contributed by atoms with Crippen molar-refractivity contribution in [2.75, 3.05) is 20.6 Å². The summed E-state index contributed by atoms with van der Waals surface area (Å²) in [5.74, 6) is 0. The summed E-state index contributed by atoms with van der Waals surface area (Å²) in [6.45, 7) is 3.35. The van der Waals surface area contributed by atoms with Crippen LogP contribution in [0.4, 0.5) is 11.4 Å². The van der Waals surface area contributed by atoms with Gasteiger partial charge in [-0.3, -0.25) is 10.3 Å². The predicted octanol–water partition coefficient (Wildman–Crippen LogP) is 1.36. The van der Waals surface area contributed by atoms with Crippen molar-refractivity contribution in [3.8, 4) is 11.1 Å². The van der Waals surface area contributed by atoms with Crippen molar-refractivity contribution in [3.63, 3.8) is 0 Å². The first kappa shape index (κ1) is 14.2. The Balaban J connectivity index is 1.86. The van der Waals surface area contributed by atoms with Crippen molar-refractivity contribution in [1.82, 2.24) is 4.98 Å². The molecule has 1 aromatic carbocycles. The van der Waals surface area contributed by atoms with Gasteiger partial charge in [-0.1, -0.05) is 12.1 Å². The highest BCUT2D eigenvalue weighted by atomic mass is 15.0. The first-order chi connectivity index (χ1) is 10.2. The number of hydrogen-bond donors (Lipinski definition) is 2. The standard InChI is InChI=1S/C18H23N3/c1-13-18-17(15-9-4-5-10-16(15)20-18)14(12-19-13)8-6-7-11-21(2)3/h4-5,9-10,12,20H,6-8,11H2,1-3H3/p+2. The van der Waals surface area contributed by atoms with Crippen molar-refractivity contribution in [2.45, 2.75) is 26.2 Å². The molecule has 0 aliphatic carbocycles. The van der Waals surface area contributed by atoms with Crippen LogP contribution in [0, 0.1) is 6.92 Å². The minimum atomic E-state index is 1.13. The molecule has 0 unspecified atom stereocenters. The molecule has 3 nitrogen and oxygen atoms in total. The maximum absolute atomic E-state index is 4.61. The molecular weight excluding hydrogens is 258 g/mol. The largest absolute Gasteiger partial charge is 0.340 e. The van der Waals surface area contributed by atoms with Crippen molar-refractivity contribution in [2.24, 2.45) is 0 Å². The molecule has 0 atom stereocenters. The summed E-state index contributed by atoms with van der Waals surface area (Å²) in [5, 5.41) is 2.29. The molecule has 0 saturated carbocycles. The number of benzene rings is 1. The molecule has 0 saturated heterocycles. The minimum Gasteiger partial charge on any atom is -0.340 e. The fourth-order valence-corrected chi connectivity index (χ4v) is 3.15. The van der Waals surface area contributed by atoms with E-state index in [1.165, 1.54) is 52.4 Å². The fraction of sp³-hybridized carbons (Fsp3) is 0.389. The van der Waals surface area contributed by atoms with Crippen LogP contribution in [0.1, 0.15) is 24.1 Å². The van der Waals surface area contributed by atoms with Crippen LogP contribution in [0.5, 0.6) is 0 Å². The molecule has 0 fully saturated rings. The van der Waals surface area contributed by atoms with Gasteiger partial charge in [-0.2, -0.15) is 0 Å². The van der Waals surface area contributed by atoms with E-state index in [-0.39, 0.29) is 0 Å². The SMILES string of the molecule is Cc1ncc(CCCC[NH+](C)C)c2c1[NH2+]c1ccccc1-2. The van der Waals surface area contributed by atoms with Gasteiger partial charge in [-0.25, -0.2) is 0 Å². The van der Waals surface area contributed by atoms with Crippen LogP contribution in [-0.4, -0.2) is 25.6 Å². The Morgan fingerprint density at radius 3 is 2.76 bits per heavy atom. The molecule has 3 heteroatoms. The van der Waals surface area contributed by atoms with Gasteiger partial charge in [0.15, 0.2) is 5.69 Å². The number of unbranched alkanes of at least 4 members (excludes halogenated alkanes) is 1. The van der Waals surface area contributed by atoms with E-state index in [1.54, 1.807) is 0 Å². The van der Waals surface area contributed by atoms with Crippen LogP contribution in [0.25, 0.3) is 11.1 Å². The van der Waals surface area contributed by atoms with Gasteiger partial charge in [0.1, 0.15) is 5.69 Å². The Morgan fingerprint density at radius 1 is 1.14 bits per heavy atom. The van der Waals surface area contributed by atoms with Gasteiger partial charge in [0.2, 0.25) is 0 Å². The molecule has 0 bridgehead atoms. The Hall–Kier alpha value is -1.71. The number of hydrogen-bond acceptors (Lipinski definition) is 1.